The number of carboxylic acids is 2. The summed E-state index contributed by atoms with van der Waals surface area (Å²) < 4.78 is 5.89. The Morgan fingerprint density at radius 2 is 1.57 bits per heavy atom. The maximum Gasteiger partial charge on any atom is 0.414 e. The van der Waals surface area contributed by atoms with E-state index in [-0.39, 0.29) is 11.8 Å². The smallest absolute Gasteiger partial charge is 0.414 e. The van der Waals surface area contributed by atoms with Crippen molar-refractivity contribution in [3.05, 3.63) is 54.0 Å². The fraction of sp³-hybridized carbons (Fsp3) is 0.462. The van der Waals surface area contributed by atoms with Crippen LogP contribution in [-0.2, 0) is 20.8 Å². The van der Waals surface area contributed by atoms with Gasteiger partial charge in [-0.05, 0) is 36.5 Å². The summed E-state index contributed by atoms with van der Waals surface area (Å²) in [5.41, 5.74) is 1.30. The zero-order chi connectivity index (χ0) is 26.6. The highest BCUT2D eigenvalue weighted by Crippen LogP contribution is 2.24. The fourth-order valence-corrected chi connectivity index (χ4v) is 4.28. The molecule has 0 aromatic carbocycles. The van der Waals surface area contributed by atoms with Gasteiger partial charge < -0.3 is 24.7 Å². The highest BCUT2D eigenvalue weighted by atomic mass is 16.5. The van der Waals surface area contributed by atoms with Gasteiger partial charge in [0, 0.05) is 44.6 Å². The first kappa shape index (κ1) is 27.6. The van der Waals surface area contributed by atoms with E-state index in [1.807, 2.05) is 29.2 Å². The van der Waals surface area contributed by atoms with Gasteiger partial charge in [-0.25, -0.2) is 14.6 Å². The van der Waals surface area contributed by atoms with Crippen LogP contribution in [0.25, 0.3) is 0 Å². The molecule has 1 aliphatic carbocycles. The van der Waals surface area contributed by atoms with Crippen molar-refractivity contribution in [3.8, 4) is 5.88 Å². The van der Waals surface area contributed by atoms with E-state index >= 15 is 0 Å². The Hall–Kier alpha value is -4.02. The van der Waals surface area contributed by atoms with Crippen LogP contribution in [0.5, 0.6) is 5.88 Å². The molecule has 0 atom stereocenters. The Kier molecular flexibility index (Phi) is 10.4. The average molecular weight is 513 g/mol. The monoisotopic (exact) mass is 512 g/mol. The summed E-state index contributed by atoms with van der Waals surface area (Å²) in [4.78, 5) is 55.7. The van der Waals surface area contributed by atoms with E-state index < -0.39 is 11.9 Å². The van der Waals surface area contributed by atoms with Crippen LogP contribution in [-0.4, -0.2) is 86.5 Å². The largest absolute Gasteiger partial charge is 0.477 e. The molecule has 2 fully saturated rings. The van der Waals surface area contributed by atoms with Gasteiger partial charge in [0.25, 0.3) is 5.91 Å². The maximum absolute atomic E-state index is 12.9. The SMILES string of the molecule is O=C(Cc1cccnc1)N1CCN(C(=O)c2cccc(OCC3CCCCC3)n2)CC1.O=C(O)C(=O)O. The number of amides is 2. The van der Waals surface area contributed by atoms with Crippen molar-refractivity contribution in [2.45, 2.75) is 38.5 Å². The molecular weight excluding hydrogens is 480 g/mol. The van der Waals surface area contributed by atoms with E-state index in [4.69, 9.17) is 24.5 Å². The lowest BCUT2D eigenvalue weighted by molar-refractivity contribution is -0.159. The van der Waals surface area contributed by atoms with Crippen LogP contribution in [0.4, 0.5) is 0 Å². The lowest BCUT2D eigenvalue weighted by atomic mass is 9.90. The quantitative estimate of drug-likeness (QED) is 0.555. The molecule has 37 heavy (non-hydrogen) atoms. The first-order chi connectivity index (χ1) is 17.8. The second kappa shape index (κ2) is 13.9. The summed E-state index contributed by atoms with van der Waals surface area (Å²) in [6, 6.07) is 9.10. The number of nitrogens with zero attached hydrogens (tertiary/aromatic N) is 4. The normalized spacial score (nSPS) is 15.8. The molecule has 2 aliphatic rings. The van der Waals surface area contributed by atoms with Crippen LogP contribution in [0.3, 0.4) is 0 Å². The first-order valence-corrected chi connectivity index (χ1v) is 12.4. The van der Waals surface area contributed by atoms with E-state index in [0.717, 1.165) is 5.56 Å². The van der Waals surface area contributed by atoms with Crippen molar-refractivity contribution in [2.24, 2.45) is 5.92 Å². The Bertz CT molecular complexity index is 1050. The molecule has 0 radical (unpaired) electrons. The van der Waals surface area contributed by atoms with E-state index in [0.29, 0.717) is 56.7 Å². The summed E-state index contributed by atoms with van der Waals surface area (Å²) in [7, 11) is 0. The fourth-order valence-electron chi connectivity index (χ4n) is 4.28. The number of hydrogen-bond donors (Lipinski definition) is 2. The maximum atomic E-state index is 12.9. The van der Waals surface area contributed by atoms with E-state index in [9.17, 15) is 9.59 Å². The van der Waals surface area contributed by atoms with Gasteiger partial charge in [-0.2, -0.15) is 0 Å². The molecule has 1 aliphatic heterocycles. The molecule has 1 saturated carbocycles. The number of carbonyl (C=O) groups excluding carboxylic acids is 2. The number of pyridine rings is 2. The van der Waals surface area contributed by atoms with Crippen molar-refractivity contribution in [2.75, 3.05) is 32.8 Å². The minimum Gasteiger partial charge on any atom is -0.477 e. The molecule has 0 unspecified atom stereocenters. The molecule has 11 heteroatoms. The third-order valence-electron chi connectivity index (χ3n) is 6.32. The minimum atomic E-state index is -1.82. The van der Waals surface area contributed by atoms with Crippen LogP contribution >= 0.6 is 0 Å². The zero-order valence-corrected chi connectivity index (χ0v) is 20.6. The Balaban J connectivity index is 0.000000568. The molecule has 2 aromatic heterocycles. The van der Waals surface area contributed by atoms with Crippen LogP contribution < -0.4 is 4.74 Å². The van der Waals surface area contributed by atoms with Gasteiger partial charge in [0.2, 0.25) is 11.8 Å². The molecule has 0 bridgehead atoms. The molecule has 2 aromatic rings. The third-order valence-corrected chi connectivity index (χ3v) is 6.32. The van der Waals surface area contributed by atoms with Crippen LogP contribution in [0, 0.1) is 5.92 Å². The molecule has 2 N–H and O–H groups in total. The van der Waals surface area contributed by atoms with Crippen LogP contribution in [0.1, 0.15) is 48.2 Å². The van der Waals surface area contributed by atoms with Crippen LogP contribution in [0.15, 0.2) is 42.7 Å². The lowest BCUT2D eigenvalue weighted by Crippen LogP contribution is -2.51. The second-order valence-corrected chi connectivity index (χ2v) is 9.00. The zero-order valence-electron chi connectivity index (χ0n) is 20.6. The number of hydrogen-bond acceptors (Lipinski definition) is 7. The minimum absolute atomic E-state index is 0.0661. The molecule has 4 rings (SSSR count). The molecule has 198 valence electrons. The van der Waals surface area contributed by atoms with Crippen molar-refractivity contribution >= 4 is 23.8 Å². The van der Waals surface area contributed by atoms with Gasteiger partial charge in [-0.1, -0.05) is 31.4 Å². The van der Waals surface area contributed by atoms with E-state index in [1.54, 1.807) is 23.4 Å². The number of carboxylic acid groups (broad SMARTS) is 2. The first-order valence-electron chi connectivity index (χ1n) is 12.4. The van der Waals surface area contributed by atoms with Gasteiger partial charge in [-0.15, -0.1) is 0 Å². The summed E-state index contributed by atoms with van der Waals surface area (Å²) in [6.07, 6.45) is 10.0. The topological polar surface area (TPSA) is 150 Å². The third kappa shape index (κ3) is 8.85. The highest BCUT2D eigenvalue weighted by molar-refractivity contribution is 6.27. The van der Waals surface area contributed by atoms with Gasteiger partial charge in [0.1, 0.15) is 5.69 Å². The van der Waals surface area contributed by atoms with Gasteiger partial charge in [0.05, 0.1) is 13.0 Å². The molecule has 11 nitrogen and oxygen atoms in total. The van der Waals surface area contributed by atoms with Gasteiger partial charge in [0.15, 0.2) is 0 Å². The number of aromatic nitrogens is 2. The average Bonchev–Trinajstić information content (AvgIpc) is 2.93. The highest BCUT2D eigenvalue weighted by Gasteiger charge is 2.26. The molecule has 2 amide bonds. The summed E-state index contributed by atoms with van der Waals surface area (Å²) in [6.45, 7) is 2.74. The van der Waals surface area contributed by atoms with Crippen molar-refractivity contribution in [3.63, 3.8) is 0 Å². The number of rotatable bonds is 6. The summed E-state index contributed by atoms with van der Waals surface area (Å²) in [5.74, 6) is -2.59. The molecule has 3 heterocycles. The van der Waals surface area contributed by atoms with Gasteiger partial charge >= 0.3 is 11.9 Å². The summed E-state index contributed by atoms with van der Waals surface area (Å²) >= 11 is 0. The predicted molar refractivity (Wildman–Crippen MR) is 132 cm³/mol. The number of ether oxygens (including phenoxy) is 1. The van der Waals surface area contributed by atoms with E-state index in [1.165, 1.54) is 32.1 Å². The van der Waals surface area contributed by atoms with Crippen molar-refractivity contribution < 1.29 is 34.1 Å². The Morgan fingerprint density at radius 1 is 0.892 bits per heavy atom. The Labute approximate surface area is 215 Å². The van der Waals surface area contributed by atoms with Gasteiger partial charge in [-0.3, -0.25) is 14.6 Å². The second-order valence-electron chi connectivity index (χ2n) is 9.00. The van der Waals surface area contributed by atoms with Crippen LogP contribution in [0.2, 0.25) is 0 Å². The number of carbonyl (C=O) groups is 4. The lowest BCUT2D eigenvalue weighted by Gasteiger charge is -2.34. The Morgan fingerprint density at radius 3 is 2.19 bits per heavy atom. The van der Waals surface area contributed by atoms with Crippen molar-refractivity contribution in [1.82, 2.24) is 19.8 Å². The molecule has 0 spiro atoms. The predicted octanol–water partition coefficient (Wildman–Crippen LogP) is 2.12. The van der Waals surface area contributed by atoms with E-state index in [2.05, 4.69) is 9.97 Å². The number of piperazine rings is 1. The molecule has 1 saturated heterocycles. The molecular formula is C26H32N4O7. The number of aliphatic carboxylic acids is 2. The standard InChI is InChI=1S/C24H30N4O3.C2H2O4/c29-23(16-20-8-5-11-25-17-20)27-12-14-28(15-13-27)24(30)21-9-4-10-22(26-21)31-18-19-6-2-1-3-7-19;3-1(4)2(5)6/h4-5,8-11,17,19H,1-3,6-7,12-16,18H2;(H,3,4)(H,5,6). The van der Waals surface area contributed by atoms with Crippen molar-refractivity contribution in [1.29, 1.82) is 0 Å². The summed E-state index contributed by atoms with van der Waals surface area (Å²) in [5, 5.41) is 14.8.